The number of nitrogens with zero attached hydrogens (tertiary/aromatic N) is 1. The number of nitrogens with one attached hydrogen (secondary N) is 1. The van der Waals surface area contributed by atoms with Crippen molar-refractivity contribution in [3.05, 3.63) is 66.4 Å². The minimum absolute atomic E-state index is 0.234. The molecule has 1 aliphatic rings. The summed E-state index contributed by atoms with van der Waals surface area (Å²) in [7, 11) is -3.78. The number of para-hydroxylation sites is 1. The van der Waals surface area contributed by atoms with Crippen LogP contribution in [0.15, 0.2) is 65.6 Å². The Balaban J connectivity index is 1.80. The fraction of sp³-hybridized carbons (Fsp3) is 0.286. The molecule has 2 aromatic carbocycles. The standard InChI is InChI=1S/C21H22N2O4S/c1-2-27-21(24)18-13-12-17(22-18)20-14-15-8-6-7-11-19(15)23(20)28(25,26)16-9-4-3-5-10-16/h3-11,14,17-18,22H,2,12-13H2,1H3/t17-,18-/m0/s1. The number of rotatable bonds is 5. The summed E-state index contributed by atoms with van der Waals surface area (Å²) in [5, 5.41) is 4.10. The molecule has 28 heavy (non-hydrogen) atoms. The Bertz CT molecular complexity index is 1110. The molecule has 2 heterocycles. The largest absolute Gasteiger partial charge is 0.465 e. The Hall–Kier alpha value is -2.64. The van der Waals surface area contributed by atoms with E-state index in [0.717, 1.165) is 5.39 Å². The van der Waals surface area contributed by atoms with Gasteiger partial charge in [0.25, 0.3) is 10.0 Å². The lowest BCUT2D eigenvalue weighted by Crippen LogP contribution is -2.34. The van der Waals surface area contributed by atoms with E-state index in [1.165, 1.54) is 3.97 Å². The van der Waals surface area contributed by atoms with Gasteiger partial charge in [-0.3, -0.25) is 10.1 Å². The Morgan fingerprint density at radius 1 is 1.11 bits per heavy atom. The molecule has 0 bridgehead atoms. The summed E-state index contributed by atoms with van der Waals surface area (Å²) >= 11 is 0. The highest BCUT2D eigenvalue weighted by Crippen LogP contribution is 2.34. The van der Waals surface area contributed by atoms with Crippen molar-refractivity contribution in [2.75, 3.05) is 6.61 Å². The summed E-state index contributed by atoms with van der Waals surface area (Å²) < 4.78 is 33.4. The number of hydrogen-bond donors (Lipinski definition) is 1. The van der Waals surface area contributed by atoms with Crippen LogP contribution in [0, 0.1) is 0 Å². The monoisotopic (exact) mass is 398 g/mol. The molecule has 0 spiro atoms. The zero-order chi connectivity index (χ0) is 19.7. The van der Waals surface area contributed by atoms with Crippen LogP contribution >= 0.6 is 0 Å². The Morgan fingerprint density at radius 2 is 1.82 bits per heavy atom. The van der Waals surface area contributed by atoms with E-state index in [2.05, 4.69) is 5.32 Å². The maximum absolute atomic E-state index is 13.4. The van der Waals surface area contributed by atoms with Crippen LogP contribution < -0.4 is 5.32 Å². The highest BCUT2D eigenvalue weighted by Gasteiger charge is 2.35. The van der Waals surface area contributed by atoms with Gasteiger partial charge >= 0.3 is 5.97 Å². The van der Waals surface area contributed by atoms with Crippen molar-refractivity contribution < 1.29 is 17.9 Å². The lowest BCUT2D eigenvalue weighted by Gasteiger charge is -2.17. The third-order valence-corrected chi connectivity index (χ3v) is 6.81. The number of benzene rings is 2. The molecule has 7 heteroatoms. The number of carbonyl (C=O) groups excluding carboxylic acids is 1. The zero-order valence-corrected chi connectivity index (χ0v) is 16.4. The van der Waals surface area contributed by atoms with E-state index in [4.69, 9.17) is 4.74 Å². The summed E-state index contributed by atoms with van der Waals surface area (Å²) in [5.74, 6) is -0.293. The molecule has 1 N–H and O–H groups in total. The van der Waals surface area contributed by atoms with Crippen LogP contribution in [0.5, 0.6) is 0 Å². The third kappa shape index (κ3) is 3.21. The second-order valence-electron chi connectivity index (χ2n) is 6.81. The van der Waals surface area contributed by atoms with Gasteiger partial charge in [0.15, 0.2) is 0 Å². The van der Waals surface area contributed by atoms with Crippen LogP contribution in [-0.4, -0.2) is 31.0 Å². The number of esters is 1. The van der Waals surface area contributed by atoms with Crippen LogP contribution in [0.3, 0.4) is 0 Å². The Kier molecular flexibility index (Phi) is 4.95. The van der Waals surface area contributed by atoms with Crippen LogP contribution in [0.25, 0.3) is 10.9 Å². The van der Waals surface area contributed by atoms with E-state index in [1.54, 1.807) is 43.3 Å². The molecule has 0 aliphatic carbocycles. The van der Waals surface area contributed by atoms with Gasteiger partial charge in [0.1, 0.15) is 6.04 Å². The minimum Gasteiger partial charge on any atom is -0.465 e. The third-order valence-electron chi connectivity index (χ3n) is 5.05. The molecule has 1 aliphatic heterocycles. The van der Waals surface area contributed by atoms with Crippen molar-refractivity contribution in [3.8, 4) is 0 Å². The second-order valence-corrected chi connectivity index (χ2v) is 8.60. The SMILES string of the molecule is CCOC(=O)[C@@H]1CC[C@@H](c2cc3ccccc3n2S(=O)(=O)c2ccccc2)N1. The molecule has 3 aromatic rings. The number of carbonyl (C=O) groups is 1. The van der Waals surface area contributed by atoms with Gasteiger partial charge < -0.3 is 4.74 Å². The number of fused-ring (bicyclic) bond motifs is 1. The van der Waals surface area contributed by atoms with Crippen molar-refractivity contribution in [2.45, 2.75) is 36.7 Å². The molecule has 0 amide bonds. The maximum atomic E-state index is 13.4. The molecular formula is C21H22N2O4S. The molecule has 146 valence electrons. The van der Waals surface area contributed by atoms with Crippen LogP contribution in [0.2, 0.25) is 0 Å². The summed E-state index contributed by atoms with van der Waals surface area (Å²) in [5.41, 5.74) is 1.26. The molecule has 1 saturated heterocycles. The van der Waals surface area contributed by atoms with Crippen molar-refractivity contribution in [3.63, 3.8) is 0 Å². The predicted molar refractivity (Wildman–Crippen MR) is 106 cm³/mol. The molecule has 0 unspecified atom stereocenters. The Labute approximate surface area is 164 Å². The fourth-order valence-electron chi connectivity index (χ4n) is 3.76. The number of hydrogen-bond acceptors (Lipinski definition) is 5. The van der Waals surface area contributed by atoms with Gasteiger partial charge in [0.2, 0.25) is 0 Å². The number of ether oxygens (including phenoxy) is 1. The zero-order valence-electron chi connectivity index (χ0n) is 15.5. The summed E-state index contributed by atoms with van der Waals surface area (Å²) in [6.45, 7) is 2.10. The predicted octanol–water partition coefficient (Wildman–Crippen LogP) is 3.23. The first-order chi connectivity index (χ1) is 13.5. The van der Waals surface area contributed by atoms with Gasteiger partial charge in [-0.1, -0.05) is 36.4 Å². The first kappa shape index (κ1) is 18.7. The summed E-state index contributed by atoms with van der Waals surface area (Å²) in [6.07, 6.45) is 1.26. The molecule has 1 aromatic heterocycles. The van der Waals surface area contributed by atoms with Gasteiger partial charge in [0.05, 0.1) is 22.7 Å². The molecule has 0 radical (unpaired) electrons. The van der Waals surface area contributed by atoms with Crippen LogP contribution in [0.4, 0.5) is 0 Å². The van der Waals surface area contributed by atoms with Gasteiger partial charge in [-0.25, -0.2) is 12.4 Å². The van der Waals surface area contributed by atoms with Crippen LogP contribution in [0.1, 0.15) is 31.5 Å². The molecule has 0 saturated carbocycles. The average Bonchev–Trinajstić information content (AvgIpc) is 3.34. The molecule has 6 nitrogen and oxygen atoms in total. The van der Waals surface area contributed by atoms with E-state index in [1.807, 2.05) is 24.3 Å². The normalized spacial score (nSPS) is 19.8. The van der Waals surface area contributed by atoms with Crippen molar-refractivity contribution in [1.29, 1.82) is 0 Å². The highest BCUT2D eigenvalue weighted by molar-refractivity contribution is 7.90. The first-order valence-electron chi connectivity index (χ1n) is 9.36. The Morgan fingerprint density at radius 3 is 2.57 bits per heavy atom. The van der Waals surface area contributed by atoms with E-state index in [-0.39, 0.29) is 16.9 Å². The van der Waals surface area contributed by atoms with Gasteiger partial charge in [-0.2, -0.15) is 0 Å². The smallest absolute Gasteiger partial charge is 0.323 e. The number of aromatic nitrogens is 1. The fourth-order valence-corrected chi connectivity index (χ4v) is 5.36. The van der Waals surface area contributed by atoms with Gasteiger partial charge in [-0.05, 0) is 44.0 Å². The van der Waals surface area contributed by atoms with E-state index in [0.29, 0.717) is 30.7 Å². The van der Waals surface area contributed by atoms with Crippen molar-refractivity contribution >= 4 is 26.9 Å². The highest BCUT2D eigenvalue weighted by atomic mass is 32.2. The quantitative estimate of drug-likeness (QED) is 0.668. The summed E-state index contributed by atoms with van der Waals surface area (Å²) in [4.78, 5) is 12.3. The van der Waals surface area contributed by atoms with Crippen molar-refractivity contribution in [1.82, 2.24) is 9.29 Å². The molecule has 4 rings (SSSR count). The van der Waals surface area contributed by atoms with Crippen LogP contribution in [-0.2, 0) is 19.6 Å². The topological polar surface area (TPSA) is 77.4 Å². The maximum Gasteiger partial charge on any atom is 0.323 e. The first-order valence-corrected chi connectivity index (χ1v) is 10.8. The van der Waals surface area contributed by atoms with E-state index in [9.17, 15) is 13.2 Å². The second kappa shape index (κ2) is 7.41. The van der Waals surface area contributed by atoms with Gasteiger partial charge in [0, 0.05) is 11.4 Å². The molecule has 2 atom stereocenters. The lowest BCUT2D eigenvalue weighted by atomic mass is 10.1. The average molecular weight is 398 g/mol. The summed E-state index contributed by atoms with van der Waals surface area (Å²) in [6, 6.07) is 17.0. The van der Waals surface area contributed by atoms with Crippen molar-refractivity contribution in [2.24, 2.45) is 0 Å². The molecule has 1 fully saturated rings. The lowest BCUT2D eigenvalue weighted by molar-refractivity contribution is -0.145. The molecular weight excluding hydrogens is 376 g/mol. The van der Waals surface area contributed by atoms with Gasteiger partial charge in [-0.15, -0.1) is 0 Å². The van der Waals surface area contributed by atoms with E-state index >= 15 is 0 Å². The van der Waals surface area contributed by atoms with E-state index < -0.39 is 16.1 Å². The minimum atomic E-state index is -3.78.